The first-order valence-electron chi connectivity index (χ1n) is 6.10. The lowest BCUT2D eigenvalue weighted by Crippen LogP contribution is -2.19. The van der Waals surface area contributed by atoms with Crippen molar-refractivity contribution in [3.05, 3.63) is 35.9 Å². The van der Waals surface area contributed by atoms with Crippen LogP contribution >= 0.6 is 11.6 Å². The topological polar surface area (TPSA) is 110 Å². The van der Waals surface area contributed by atoms with Crippen molar-refractivity contribution in [1.82, 2.24) is 20.2 Å². The molecular weight excluding hydrogens is 294 g/mol. The van der Waals surface area contributed by atoms with E-state index in [2.05, 4.69) is 25.8 Å². The van der Waals surface area contributed by atoms with Gasteiger partial charge in [0.25, 0.3) is 0 Å². The highest BCUT2D eigenvalue weighted by Gasteiger charge is 2.11. The SMILES string of the molecule is NNC=NCCC(=O)Nc1cn(-c2cccnc2)nc1Cl. The highest BCUT2D eigenvalue weighted by Crippen LogP contribution is 2.21. The summed E-state index contributed by atoms with van der Waals surface area (Å²) in [6, 6.07) is 3.61. The van der Waals surface area contributed by atoms with E-state index < -0.39 is 0 Å². The molecule has 2 aromatic rings. The van der Waals surface area contributed by atoms with Crippen LogP contribution < -0.4 is 16.6 Å². The van der Waals surface area contributed by atoms with Crippen LogP contribution in [0.1, 0.15) is 6.42 Å². The van der Waals surface area contributed by atoms with Crippen LogP contribution in [0.2, 0.25) is 5.15 Å². The second-order valence-electron chi connectivity index (χ2n) is 3.99. The van der Waals surface area contributed by atoms with E-state index >= 15 is 0 Å². The molecule has 0 bridgehead atoms. The summed E-state index contributed by atoms with van der Waals surface area (Å²) in [7, 11) is 0. The molecule has 2 rings (SSSR count). The number of hydrogen-bond acceptors (Lipinski definition) is 5. The molecule has 9 heteroatoms. The zero-order valence-electron chi connectivity index (χ0n) is 11.0. The summed E-state index contributed by atoms with van der Waals surface area (Å²) >= 11 is 6.00. The Labute approximate surface area is 126 Å². The number of hydrogen-bond donors (Lipinski definition) is 3. The van der Waals surface area contributed by atoms with Crippen molar-refractivity contribution in [2.24, 2.45) is 10.8 Å². The number of nitrogens with one attached hydrogen (secondary N) is 2. The van der Waals surface area contributed by atoms with Crippen LogP contribution in [0.25, 0.3) is 5.69 Å². The largest absolute Gasteiger partial charge is 0.322 e. The first-order valence-corrected chi connectivity index (χ1v) is 6.48. The molecule has 0 saturated carbocycles. The number of carbonyl (C=O) groups is 1. The molecule has 0 atom stereocenters. The second-order valence-corrected chi connectivity index (χ2v) is 4.35. The summed E-state index contributed by atoms with van der Waals surface area (Å²) in [5.74, 6) is 4.80. The molecule has 0 fully saturated rings. The Morgan fingerprint density at radius 2 is 2.43 bits per heavy atom. The third-order valence-electron chi connectivity index (χ3n) is 2.49. The van der Waals surface area contributed by atoms with Gasteiger partial charge in [0.05, 0.1) is 30.1 Å². The van der Waals surface area contributed by atoms with E-state index in [1.807, 2.05) is 6.07 Å². The van der Waals surface area contributed by atoms with E-state index in [1.165, 1.54) is 6.34 Å². The van der Waals surface area contributed by atoms with Gasteiger partial charge >= 0.3 is 0 Å². The van der Waals surface area contributed by atoms with Crippen molar-refractivity contribution in [3.63, 3.8) is 0 Å². The Balaban J connectivity index is 2.00. The quantitative estimate of drug-likeness (QED) is 0.315. The number of carbonyl (C=O) groups excluding carboxylic acids is 1. The van der Waals surface area contributed by atoms with Crippen molar-refractivity contribution in [2.45, 2.75) is 6.42 Å². The third-order valence-corrected chi connectivity index (χ3v) is 2.77. The van der Waals surface area contributed by atoms with Gasteiger partial charge in [0.2, 0.25) is 5.91 Å². The van der Waals surface area contributed by atoms with Gasteiger partial charge in [-0.05, 0) is 12.1 Å². The predicted molar refractivity (Wildman–Crippen MR) is 80.3 cm³/mol. The maximum atomic E-state index is 11.7. The number of pyridine rings is 1. The monoisotopic (exact) mass is 307 g/mol. The summed E-state index contributed by atoms with van der Waals surface area (Å²) in [6.45, 7) is 0.324. The molecule has 0 radical (unpaired) electrons. The third kappa shape index (κ3) is 4.26. The van der Waals surface area contributed by atoms with Gasteiger partial charge in [0.1, 0.15) is 0 Å². The molecule has 2 heterocycles. The molecule has 0 aromatic carbocycles. The standard InChI is InChI=1S/C12H14ClN7O/c13-12-10(18-11(21)3-5-16-8-17-14)7-20(19-12)9-2-1-4-15-6-9/h1-2,4,6-8H,3,5,14H2,(H,16,17)(H,18,21). The number of hydrazine groups is 1. The molecule has 4 N–H and O–H groups in total. The predicted octanol–water partition coefficient (Wildman–Crippen LogP) is 0.741. The van der Waals surface area contributed by atoms with Crippen LogP contribution in [-0.4, -0.2) is 33.6 Å². The van der Waals surface area contributed by atoms with E-state index in [4.69, 9.17) is 17.4 Å². The minimum atomic E-state index is -0.211. The molecular formula is C12H14ClN7O. The number of aromatic nitrogens is 3. The molecule has 21 heavy (non-hydrogen) atoms. The van der Waals surface area contributed by atoms with Crippen molar-refractivity contribution in [3.8, 4) is 5.69 Å². The van der Waals surface area contributed by atoms with Crippen LogP contribution in [0.4, 0.5) is 5.69 Å². The van der Waals surface area contributed by atoms with Gasteiger partial charge < -0.3 is 10.7 Å². The fourth-order valence-corrected chi connectivity index (χ4v) is 1.73. The number of rotatable bonds is 6. The highest BCUT2D eigenvalue weighted by atomic mass is 35.5. The second kappa shape index (κ2) is 7.36. The van der Waals surface area contributed by atoms with Gasteiger partial charge in [-0.15, -0.1) is 0 Å². The van der Waals surface area contributed by atoms with Gasteiger partial charge in [-0.1, -0.05) is 11.6 Å². The van der Waals surface area contributed by atoms with Crippen LogP contribution in [0.5, 0.6) is 0 Å². The molecule has 2 aromatic heterocycles. The number of amides is 1. The summed E-state index contributed by atoms with van der Waals surface area (Å²) in [5.41, 5.74) is 3.44. The Bertz CT molecular complexity index is 626. The van der Waals surface area contributed by atoms with Gasteiger partial charge in [-0.2, -0.15) is 5.10 Å². The summed E-state index contributed by atoms with van der Waals surface area (Å²) in [5, 5.41) is 7.00. The fraction of sp³-hybridized carbons (Fsp3) is 0.167. The minimum Gasteiger partial charge on any atom is -0.322 e. The first-order chi connectivity index (χ1) is 10.2. The summed E-state index contributed by atoms with van der Waals surface area (Å²) in [6.07, 6.45) is 6.46. The van der Waals surface area contributed by atoms with Crippen molar-refractivity contribution in [2.75, 3.05) is 11.9 Å². The molecule has 0 saturated heterocycles. The number of nitrogens with two attached hydrogens (primary N) is 1. The lowest BCUT2D eigenvalue weighted by molar-refractivity contribution is -0.116. The van der Waals surface area contributed by atoms with Crippen LogP contribution in [0.3, 0.4) is 0 Å². The first kappa shape index (κ1) is 14.9. The Kier molecular flexibility index (Phi) is 5.24. The zero-order valence-corrected chi connectivity index (χ0v) is 11.8. The Morgan fingerprint density at radius 3 is 3.14 bits per heavy atom. The number of aliphatic imine (C=N–C) groups is 1. The van der Waals surface area contributed by atoms with Crippen molar-refractivity contribution < 1.29 is 4.79 Å². The van der Waals surface area contributed by atoms with Gasteiger partial charge in [0, 0.05) is 19.2 Å². The summed E-state index contributed by atoms with van der Waals surface area (Å²) < 4.78 is 1.54. The van der Waals surface area contributed by atoms with Crippen molar-refractivity contribution in [1.29, 1.82) is 0 Å². The molecule has 0 aliphatic heterocycles. The molecule has 1 amide bonds. The average molecular weight is 308 g/mol. The van der Waals surface area contributed by atoms with E-state index in [1.54, 1.807) is 29.3 Å². The highest BCUT2D eigenvalue weighted by molar-refractivity contribution is 6.32. The molecule has 0 unspecified atom stereocenters. The fourth-order valence-electron chi connectivity index (χ4n) is 1.55. The number of halogens is 1. The molecule has 0 spiro atoms. The molecule has 0 aliphatic carbocycles. The molecule has 8 nitrogen and oxygen atoms in total. The van der Waals surface area contributed by atoms with Gasteiger partial charge in [-0.25, -0.2) is 10.5 Å². The maximum absolute atomic E-state index is 11.7. The molecule has 0 aliphatic rings. The number of anilines is 1. The van der Waals surface area contributed by atoms with Gasteiger partial charge in [-0.3, -0.25) is 14.8 Å². The summed E-state index contributed by atoms with van der Waals surface area (Å²) in [4.78, 5) is 19.6. The number of nitrogens with zero attached hydrogens (tertiary/aromatic N) is 4. The van der Waals surface area contributed by atoms with Crippen LogP contribution in [0.15, 0.2) is 35.7 Å². The average Bonchev–Trinajstić information content (AvgIpc) is 2.86. The lowest BCUT2D eigenvalue weighted by atomic mass is 10.4. The minimum absolute atomic E-state index is 0.208. The van der Waals surface area contributed by atoms with E-state index in [-0.39, 0.29) is 17.5 Å². The smallest absolute Gasteiger partial charge is 0.226 e. The normalized spacial score (nSPS) is 10.8. The Morgan fingerprint density at radius 1 is 1.57 bits per heavy atom. The zero-order chi connectivity index (χ0) is 15.1. The van der Waals surface area contributed by atoms with E-state index in [9.17, 15) is 4.79 Å². The van der Waals surface area contributed by atoms with E-state index in [0.29, 0.717) is 12.2 Å². The van der Waals surface area contributed by atoms with Crippen molar-refractivity contribution >= 4 is 29.5 Å². The molecule has 110 valence electrons. The lowest BCUT2D eigenvalue weighted by Gasteiger charge is -2.01. The van der Waals surface area contributed by atoms with Crippen LogP contribution in [0, 0.1) is 0 Å². The Hall–Kier alpha value is -2.45. The maximum Gasteiger partial charge on any atom is 0.226 e. The van der Waals surface area contributed by atoms with Crippen LogP contribution in [-0.2, 0) is 4.79 Å². The van der Waals surface area contributed by atoms with Gasteiger partial charge in [0.15, 0.2) is 5.15 Å². The van der Waals surface area contributed by atoms with E-state index in [0.717, 1.165) is 5.69 Å².